The van der Waals surface area contributed by atoms with E-state index in [2.05, 4.69) is 0 Å². The standard InChI is InChI=1S/C15H20FN3O8S/c1-15(2,3)27-14(22)18(9-13(20)21)7-6-17-28(25,26)12-5-4-10(16)8-11(12)19(23)24/h4-5,8,17H,6-7,9H2,1-3H3,(H,20,21). The first kappa shape index (κ1) is 23.2. The van der Waals surface area contributed by atoms with Crippen LogP contribution >= 0.6 is 0 Å². The Bertz CT molecular complexity index is 867. The Morgan fingerprint density at radius 1 is 1.36 bits per heavy atom. The molecule has 0 heterocycles. The molecule has 0 aliphatic heterocycles. The molecule has 0 aliphatic rings. The smallest absolute Gasteiger partial charge is 0.410 e. The minimum absolute atomic E-state index is 0.380. The van der Waals surface area contributed by atoms with Crippen molar-refractivity contribution < 1.29 is 37.2 Å². The van der Waals surface area contributed by atoms with Crippen LogP contribution in [0.25, 0.3) is 0 Å². The molecule has 0 unspecified atom stereocenters. The number of nitrogens with one attached hydrogen (secondary N) is 1. The fourth-order valence-electron chi connectivity index (χ4n) is 1.98. The molecule has 1 aromatic rings. The topological polar surface area (TPSA) is 156 Å². The van der Waals surface area contributed by atoms with E-state index in [-0.39, 0.29) is 6.54 Å². The molecule has 0 atom stereocenters. The van der Waals surface area contributed by atoms with Gasteiger partial charge >= 0.3 is 12.1 Å². The first-order valence-electron chi connectivity index (χ1n) is 7.86. The van der Waals surface area contributed by atoms with Crippen molar-refractivity contribution in [3.05, 3.63) is 34.1 Å². The summed E-state index contributed by atoms with van der Waals surface area (Å²) < 4.78 is 44.8. The first-order valence-corrected chi connectivity index (χ1v) is 9.34. The number of nitrogens with zero attached hydrogens (tertiary/aromatic N) is 2. The molecular formula is C15H20FN3O8S. The lowest BCUT2D eigenvalue weighted by Gasteiger charge is -2.26. The average Bonchev–Trinajstić information content (AvgIpc) is 2.51. The number of sulfonamides is 1. The predicted octanol–water partition coefficient (Wildman–Crippen LogP) is 1.33. The highest BCUT2D eigenvalue weighted by atomic mass is 32.2. The molecule has 11 nitrogen and oxygen atoms in total. The zero-order valence-corrected chi connectivity index (χ0v) is 16.2. The van der Waals surface area contributed by atoms with Crippen LogP contribution in [0.15, 0.2) is 23.1 Å². The van der Waals surface area contributed by atoms with E-state index < -0.39 is 62.1 Å². The van der Waals surface area contributed by atoms with Gasteiger partial charge in [0.25, 0.3) is 5.69 Å². The van der Waals surface area contributed by atoms with Crippen molar-refractivity contribution in [1.82, 2.24) is 9.62 Å². The van der Waals surface area contributed by atoms with Gasteiger partial charge in [0.1, 0.15) is 18.0 Å². The number of hydrogen-bond donors (Lipinski definition) is 2. The summed E-state index contributed by atoms with van der Waals surface area (Å²) in [5.41, 5.74) is -1.86. The van der Waals surface area contributed by atoms with Crippen LogP contribution in [-0.2, 0) is 19.6 Å². The molecule has 13 heteroatoms. The largest absolute Gasteiger partial charge is 0.480 e. The third kappa shape index (κ3) is 7.08. The highest BCUT2D eigenvalue weighted by Gasteiger charge is 2.28. The van der Waals surface area contributed by atoms with Crippen molar-refractivity contribution in [2.45, 2.75) is 31.3 Å². The molecule has 1 amide bonds. The number of nitro benzene ring substituents is 1. The molecule has 0 aliphatic carbocycles. The summed E-state index contributed by atoms with van der Waals surface area (Å²) in [4.78, 5) is 32.9. The number of carboxylic acid groups (broad SMARTS) is 1. The van der Waals surface area contributed by atoms with E-state index in [0.717, 1.165) is 17.0 Å². The molecule has 1 rings (SSSR count). The molecule has 0 saturated carbocycles. The highest BCUT2D eigenvalue weighted by Crippen LogP contribution is 2.24. The van der Waals surface area contributed by atoms with Gasteiger partial charge in [-0.3, -0.25) is 19.8 Å². The van der Waals surface area contributed by atoms with Crippen molar-refractivity contribution >= 4 is 27.8 Å². The number of rotatable bonds is 8. The summed E-state index contributed by atoms with van der Waals surface area (Å²) >= 11 is 0. The number of aliphatic carboxylic acids is 1. The van der Waals surface area contributed by atoms with Gasteiger partial charge in [-0.05, 0) is 32.9 Å². The lowest BCUT2D eigenvalue weighted by molar-refractivity contribution is -0.388. The normalized spacial score (nSPS) is 11.7. The maximum Gasteiger partial charge on any atom is 0.410 e. The molecule has 0 fully saturated rings. The summed E-state index contributed by atoms with van der Waals surface area (Å²) in [5.74, 6) is -2.33. The van der Waals surface area contributed by atoms with Gasteiger partial charge in [-0.15, -0.1) is 0 Å². The van der Waals surface area contributed by atoms with Gasteiger partial charge in [0.2, 0.25) is 10.0 Å². The Morgan fingerprint density at radius 3 is 2.46 bits per heavy atom. The molecule has 2 N–H and O–H groups in total. The third-order valence-corrected chi connectivity index (χ3v) is 4.57. The van der Waals surface area contributed by atoms with Crippen LogP contribution in [0.5, 0.6) is 0 Å². The molecule has 0 saturated heterocycles. The summed E-state index contributed by atoms with van der Waals surface area (Å²) in [6.07, 6.45) is -0.970. The maximum absolute atomic E-state index is 13.2. The molecule has 0 bridgehead atoms. The Hall–Kier alpha value is -2.80. The van der Waals surface area contributed by atoms with Crippen molar-refractivity contribution in [3.63, 3.8) is 0 Å². The van der Waals surface area contributed by atoms with E-state index >= 15 is 0 Å². The molecule has 0 radical (unpaired) electrons. The second kappa shape index (κ2) is 8.93. The summed E-state index contributed by atoms with van der Waals surface area (Å²) in [5, 5.41) is 19.9. The van der Waals surface area contributed by atoms with Gasteiger partial charge in [0.05, 0.1) is 11.0 Å². The van der Waals surface area contributed by atoms with E-state index in [0.29, 0.717) is 6.07 Å². The number of carboxylic acids is 1. The van der Waals surface area contributed by atoms with E-state index in [4.69, 9.17) is 9.84 Å². The number of benzene rings is 1. The van der Waals surface area contributed by atoms with Gasteiger partial charge < -0.3 is 9.84 Å². The lowest BCUT2D eigenvalue weighted by Crippen LogP contribution is -2.43. The molecule has 0 spiro atoms. The second-order valence-corrected chi connectivity index (χ2v) is 8.30. The number of amides is 1. The number of hydrogen-bond acceptors (Lipinski definition) is 7. The van der Waals surface area contributed by atoms with Gasteiger partial charge in [-0.2, -0.15) is 0 Å². The van der Waals surface area contributed by atoms with Crippen LogP contribution in [-0.4, -0.2) is 60.6 Å². The summed E-state index contributed by atoms with van der Waals surface area (Å²) in [7, 11) is -4.42. The van der Waals surface area contributed by atoms with Crippen LogP contribution in [0.1, 0.15) is 20.8 Å². The molecule has 0 aromatic heterocycles. The van der Waals surface area contributed by atoms with Gasteiger partial charge in [-0.25, -0.2) is 22.3 Å². The average molecular weight is 421 g/mol. The van der Waals surface area contributed by atoms with E-state index in [1.807, 2.05) is 4.72 Å². The van der Waals surface area contributed by atoms with Gasteiger partial charge in [-0.1, -0.05) is 0 Å². The first-order chi connectivity index (χ1) is 12.7. The van der Waals surface area contributed by atoms with Crippen molar-refractivity contribution in [1.29, 1.82) is 0 Å². The minimum Gasteiger partial charge on any atom is -0.480 e. The van der Waals surface area contributed by atoms with Crippen LogP contribution in [0, 0.1) is 15.9 Å². The maximum atomic E-state index is 13.2. The van der Waals surface area contributed by atoms with E-state index in [1.54, 1.807) is 20.8 Å². The molecule has 28 heavy (non-hydrogen) atoms. The summed E-state index contributed by atoms with van der Waals surface area (Å²) in [6.45, 7) is 3.13. The van der Waals surface area contributed by atoms with Crippen molar-refractivity contribution in [2.24, 2.45) is 0 Å². The Labute approximate surface area is 160 Å². The fourth-order valence-corrected chi connectivity index (χ4v) is 3.15. The van der Waals surface area contributed by atoms with E-state index in [1.165, 1.54) is 0 Å². The Kier molecular flexibility index (Phi) is 7.41. The lowest BCUT2D eigenvalue weighted by atomic mass is 10.2. The molecular weight excluding hydrogens is 401 g/mol. The van der Waals surface area contributed by atoms with Gasteiger partial charge in [0.15, 0.2) is 4.90 Å². The molecule has 1 aromatic carbocycles. The monoisotopic (exact) mass is 421 g/mol. The van der Waals surface area contributed by atoms with E-state index in [9.17, 15) is 32.5 Å². The van der Waals surface area contributed by atoms with Crippen LogP contribution in [0.4, 0.5) is 14.9 Å². The van der Waals surface area contributed by atoms with Crippen LogP contribution < -0.4 is 4.72 Å². The molecule has 156 valence electrons. The quantitative estimate of drug-likeness (QED) is 0.470. The van der Waals surface area contributed by atoms with Crippen molar-refractivity contribution in [2.75, 3.05) is 19.6 Å². The SMILES string of the molecule is CC(C)(C)OC(=O)N(CCNS(=O)(=O)c1ccc(F)cc1[N+](=O)[O-])CC(=O)O. The van der Waals surface area contributed by atoms with Crippen LogP contribution in [0.2, 0.25) is 0 Å². The second-order valence-electron chi connectivity index (χ2n) is 6.56. The highest BCUT2D eigenvalue weighted by molar-refractivity contribution is 7.89. The summed E-state index contributed by atoms with van der Waals surface area (Å²) in [6, 6.07) is 1.95. The minimum atomic E-state index is -4.42. The number of nitro groups is 1. The van der Waals surface area contributed by atoms with Gasteiger partial charge in [0, 0.05) is 13.1 Å². The van der Waals surface area contributed by atoms with Crippen LogP contribution in [0.3, 0.4) is 0 Å². The fraction of sp³-hybridized carbons (Fsp3) is 0.467. The predicted molar refractivity (Wildman–Crippen MR) is 93.7 cm³/mol. The zero-order valence-electron chi connectivity index (χ0n) is 15.3. The number of carbonyl (C=O) groups is 2. The number of halogens is 1. The Balaban J connectivity index is 2.92. The van der Waals surface area contributed by atoms with Crippen molar-refractivity contribution in [3.8, 4) is 0 Å². The third-order valence-electron chi connectivity index (χ3n) is 3.06. The zero-order chi connectivity index (χ0) is 21.7. The number of carbonyl (C=O) groups excluding carboxylic acids is 1. The Morgan fingerprint density at radius 2 is 1.96 bits per heavy atom. The number of ether oxygens (including phenoxy) is 1.